The molecule has 0 bridgehead atoms. The van der Waals surface area contributed by atoms with Gasteiger partial charge in [-0.2, -0.15) is 0 Å². The summed E-state index contributed by atoms with van der Waals surface area (Å²) >= 11 is 9.60. The molecule has 25 heavy (non-hydrogen) atoms. The molecule has 0 radical (unpaired) electrons. The van der Waals surface area contributed by atoms with Gasteiger partial charge in [0.2, 0.25) is 0 Å². The van der Waals surface area contributed by atoms with E-state index < -0.39 is 0 Å². The summed E-state index contributed by atoms with van der Waals surface area (Å²) in [7, 11) is 0. The first-order valence-electron chi connectivity index (χ1n) is 7.61. The number of para-hydroxylation sites is 2. The van der Waals surface area contributed by atoms with E-state index in [1.54, 1.807) is 24.3 Å². The van der Waals surface area contributed by atoms with Gasteiger partial charge in [-0.1, -0.05) is 41.9 Å². The van der Waals surface area contributed by atoms with Gasteiger partial charge in [-0.25, -0.2) is 0 Å². The molecule has 3 nitrogen and oxygen atoms in total. The smallest absolute Gasteiger partial charge is 0.141 e. The van der Waals surface area contributed by atoms with E-state index >= 15 is 0 Å². The maximum atomic E-state index is 10.3. The number of hydrogen-bond donors (Lipinski definition) is 2. The Morgan fingerprint density at radius 3 is 2.48 bits per heavy atom. The lowest BCUT2D eigenvalue weighted by Gasteiger charge is -2.09. The van der Waals surface area contributed by atoms with E-state index in [9.17, 15) is 10.2 Å². The first kappa shape index (κ1) is 17.5. The number of nitrogens with zero attached hydrogens (tertiary/aromatic N) is 1. The van der Waals surface area contributed by atoms with E-state index in [0.717, 1.165) is 11.1 Å². The van der Waals surface area contributed by atoms with Crippen molar-refractivity contribution in [3.63, 3.8) is 0 Å². The van der Waals surface area contributed by atoms with E-state index in [0.29, 0.717) is 27.2 Å². The van der Waals surface area contributed by atoms with Crippen molar-refractivity contribution in [2.24, 2.45) is 4.99 Å². The molecule has 2 N–H and O–H groups in total. The van der Waals surface area contributed by atoms with E-state index in [1.165, 1.54) is 6.21 Å². The minimum Gasteiger partial charge on any atom is -0.506 e. The molecule has 0 aromatic heterocycles. The Hall–Kier alpha value is -2.30. The number of benzene rings is 3. The molecular formula is C20H15BrClNO2. The highest BCUT2D eigenvalue weighted by atomic mass is 79.9. The largest absolute Gasteiger partial charge is 0.506 e. The van der Waals surface area contributed by atoms with Crippen LogP contribution in [0, 0.1) is 0 Å². The molecule has 3 rings (SSSR count). The third-order valence-corrected chi connectivity index (χ3v) is 4.70. The fourth-order valence-corrected chi connectivity index (χ4v) is 3.18. The van der Waals surface area contributed by atoms with Gasteiger partial charge < -0.3 is 10.2 Å². The van der Waals surface area contributed by atoms with E-state index in [2.05, 4.69) is 20.9 Å². The minimum atomic E-state index is 0.0875. The summed E-state index contributed by atoms with van der Waals surface area (Å²) in [6.07, 6.45) is 2.17. The summed E-state index contributed by atoms with van der Waals surface area (Å²) in [5.74, 6) is 0.187. The van der Waals surface area contributed by atoms with Crippen molar-refractivity contribution in [2.45, 2.75) is 6.42 Å². The van der Waals surface area contributed by atoms with Crippen molar-refractivity contribution in [1.82, 2.24) is 0 Å². The molecule has 0 amide bonds. The molecule has 5 heteroatoms. The molecule has 0 aliphatic rings. The molecule has 0 heterocycles. The number of phenolic OH excluding ortho intramolecular Hbond substituents is 2. The van der Waals surface area contributed by atoms with Crippen LogP contribution in [0.2, 0.25) is 5.02 Å². The first-order chi connectivity index (χ1) is 12.0. The summed E-state index contributed by atoms with van der Waals surface area (Å²) in [4.78, 5) is 4.26. The molecule has 0 unspecified atom stereocenters. The summed E-state index contributed by atoms with van der Waals surface area (Å²) in [6.45, 7) is 0. The molecule has 0 saturated carbocycles. The number of aliphatic imine (C=N–C) groups is 1. The molecule has 3 aromatic carbocycles. The Labute approximate surface area is 159 Å². The maximum absolute atomic E-state index is 10.3. The van der Waals surface area contributed by atoms with Gasteiger partial charge in [0, 0.05) is 16.8 Å². The van der Waals surface area contributed by atoms with Crippen molar-refractivity contribution >= 4 is 39.4 Å². The fraction of sp³-hybridized carbons (Fsp3) is 0.0500. The standard InChI is InChI=1S/C20H15BrClNO2/c21-16-11-13(9-14-5-1-2-6-17(14)22)10-15(20(16)25)12-23-18-7-3-4-8-19(18)24/h1-8,10-12,24-25H,9H2. The lowest BCUT2D eigenvalue weighted by atomic mass is 10.0. The van der Waals surface area contributed by atoms with Crippen molar-refractivity contribution in [1.29, 1.82) is 0 Å². The highest BCUT2D eigenvalue weighted by Gasteiger charge is 2.09. The molecule has 0 atom stereocenters. The molecule has 0 saturated heterocycles. The van der Waals surface area contributed by atoms with Crippen molar-refractivity contribution in [3.8, 4) is 11.5 Å². The average molecular weight is 417 g/mol. The summed E-state index contributed by atoms with van der Waals surface area (Å²) in [5.41, 5.74) is 2.98. The Bertz CT molecular complexity index is 941. The van der Waals surface area contributed by atoms with Crippen LogP contribution in [0.4, 0.5) is 5.69 Å². The molecular weight excluding hydrogens is 402 g/mol. The van der Waals surface area contributed by atoms with Gasteiger partial charge in [0.05, 0.1) is 4.47 Å². The van der Waals surface area contributed by atoms with E-state index in [4.69, 9.17) is 11.6 Å². The molecule has 3 aromatic rings. The van der Waals surface area contributed by atoms with Crippen LogP contribution in [0.3, 0.4) is 0 Å². The van der Waals surface area contributed by atoms with Gasteiger partial charge in [0.15, 0.2) is 0 Å². The van der Waals surface area contributed by atoms with Crippen molar-refractivity contribution in [3.05, 3.63) is 86.8 Å². The quantitative estimate of drug-likeness (QED) is 0.524. The van der Waals surface area contributed by atoms with Crippen LogP contribution >= 0.6 is 27.5 Å². The summed E-state index contributed by atoms with van der Waals surface area (Å²) in [5, 5.41) is 20.8. The summed E-state index contributed by atoms with van der Waals surface area (Å²) < 4.78 is 0.579. The van der Waals surface area contributed by atoms with E-state index in [-0.39, 0.29) is 11.5 Å². The molecule has 0 fully saturated rings. The SMILES string of the molecule is Oc1ccccc1N=Cc1cc(Cc2ccccc2Cl)cc(Br)c1O. The Morgan fingerprint density at radius 2 is 1.72 bits per heavy atom. The first-order valence-corrected chi connectivity index (χ1v) is 8.78. The number of hydrogen-bond acceptors (Lipinski definition) is 3. The zero-order valence-corrected chi connectivity index (χ0v) is 15.5. The van der Waals surface area contributed by atoms with Crippen LogP contribution in [0.15, 0.2) is 70.1 Å². The zero-order chi connectivity index (χ0) is 17.8. The second-order valence-electron chi connectivity index (χ2n) is 5.53. The number of rotatable bonds is 4. The third-order valence-electron chi connectivity index (χ3n) is 3.73. The Kier molecular flexibility index (Phi) is 5.41. The van der Waals surface area contributed by atoms with E-state index in [1.807, 2.05) is 36.4 Å². The fourth-order valence-electron chi connectivity index (χ4n) is 2.45. The lowest BCUT2D eigenvalue weighted by Crippen LogP contribution is -1.93. The van der Waals surface area contributed by atoms with Gasteiger partial charge in [-0.15, -0.1) is 0 Å². The number of phenols is 2. The van der Waals surface area contributed by atoms with Gasteiger partial charge in [-0.3, -0.25) is 4.99 Å². The van der Waals surface area contributed by atoms with Gasteiger partial charge >= 0.3 is 0 Å². The number of halogens is 2. The Morgan fingerprint density at radius 1 is 1.00 bits per heavy atom. The molecule has 0 aliphatic carbocycles. The van der Waals surface area contributed by atoms with Crippen LogP contribution in [-0.2, 0) is 6.42 Å². The average Bonchev–Trinajstić information content (AvgIpc) is 2.60. The second kappa shape index (κ2) is 7.72. The topological polar surface area (TPSA) is 52.8 Å². The van der Waals surface area contributed by atoms with Crippen molar-refractivity contribution in [2.75, 3.05) is 0 Å². The van der Waals surface area contributed by atoms with Crippen LogP contribution < -0.4 is 0 Å². The zero-order valence-electron chi connectivity index (χ0n) is 13.2. The number of aromatic hydroxyl groups is 2. The highest BCUT2D eigenvalue weighted by Crippen LogP contribution is 2.31. The van der Waals surface area contributed by atoms with Crippen molar-refractivity contribution < 1.29 is 10.2 Å². The van der Waals surface area contributed by atoms with Crippen LogP contribution in [0.1, 0.15) is 16.7 Å². The predicted octanol–water partition coefficient (Wildman–Crippen LogP) is 5.86. The van der Waals surface area contributed by atoms with Gasteiger partial charge in [0.25, 0.3) is 0 Å². The maximum Gasteiger partial charge on any atom is 0.141 e. The molecule has 0 spiro atoms. The van der Waals surface area contributed by atoms with Crippen LogP contribution in [-0.4, -0.2) is 16.4 Å². The van der Waals surface area contributed by atoms with Crippen LogP contribution in [0.5, 0.6) is 11.5 Å². The lowest BCUT2D eigenvalue weighted by molar-refractivity contribution is 0.470. The minimum absolute atomic E-state index is 0.0875. The highest BCUT2D eigenvalue weighted by molar-refractivity contribution is 9.10. The molecule has 126 valence electrons. The second-order valence-corrected chi connectivity index (χ2v) is 6.79. The van der Waals surface area contributed by atoms with Gasteiger partial charge in [0.1, 0.15) is 17.2 Å². The third kappa shape index (κ3) is 4.21. The van der Waals surface area contributed by atoms with Crippen LogP contribution in [0.25, 0.3) is 0 Å². The normalized spacial score (nSPS) is 11.1. The Balaban J connectivity index is 1.93. The summed E-state index contributed by atoms with van der Waals surface area (Å²) in [6, 6.07) is 18.2. The monoisotopic (exact) mass is 415 g/mol. The predicted molar refractivity (Wildman–Crippen MR) is 105 cm³/mol. The molecule has 0 aliphatic heterocycles. The van der Waals surface area contributed by atoms with Gasteiger partial charge in [-0.05, 0) is 63.8 Å².